The number of fused-ring (bicyclic) bond motifs is 1. The summed E-state index contributed by atoms with van der Waals surface area (Å²) >= 11 is 1.74. The average Bonchev–Trinajstić information content (AvgIpc) is 3.32. The summed E-state index contributed by atoms with van der Waals surface area (Å²) in [5.41, 5.74) is 4.04. The van der Waals surface area contributed by atoms with Crippen molar-refractivity contribution in [3.63, 3.8) is 0 Å². The SMILES string of the molecule is CCCN(CC(=O)N1CCc2sccc2[C@H]1COc1ccc(C)cc1C)C(=O)c1ccccc1. The van der Waals surface area contributed by atoms with Crippen LogP contribution in [0.5, 0.6) is 5.75 Å². The van der Waals surface area contributed by atoms with Gasteiger partial charge in [-0.3, -0.25) is 9.59 Å². The first-order valence-corrected chi connectivity index (χ1v) is 12.8. The van der Waals surface area contributed by atoms with Crippen LogP contribution in [0.4, 0.5) is 0 Å². The maximum absolute atomic E-state index is 13.6. The second-order valence-corrected chi connectivity index (χ2v) is 9.83. The highest BCUT2D eigenvalue weighted by molar-refractivity contribution is 7.10. The van der Waals surface area contributed by atoms with Gasteiger partial charge in [0.25, 0.3) is 5.91 Å². The van der Waals surface area contributed by atoms with Crippen molar-refractivity contribution in [3.05, 3.63) is 87.1 Å². The summed E-state index contributed by atoms with van der Waals surface area (Å²) in [5, 5.41) is 2.09. The number of nitrogens with zero attached hydrogens (tertiary/aromatic N) is 2. The fourth-order valence-electron chi connectivity index (χ4n) is 4.54. The zero-order chi connectivity index (χ0) is 24.1. The molecule has 1 aromatic heterocycles. The van der Waals surface area contributed by atoms with Gasteiger partial charge in [-0.15, -0.1) is 11.3 Å². The number of benzene rings is 2. The summed E-state index contributed by atoms with van der Waals surface area (Å²) in [6.45, 7) is 7.76. The lowest BCUT2D eigenvalue weighted by Crippen LogP contribution is -2.48. The Bertz CT molecular complexity index is 1140. The first-order valence-electron chi connectivity index (χ1n) is 11.9. The Balaban J connectivity index is 1.53. The largest absolute Gasteiger partial charge is 0.491 e. The van der Waals surface area contributed by atoms with Crippen LogP contribution in [0, 0.1) is 13.8 Å². The Hall–Kier alpha value is -3.12. The van der Waals surface area contributed by atoms with Gasteiger partial charge >= 0.3 is 0 Å². The lowest BCUT2D eigenvalue weighted by molar-refractivity contribution is -0.135. The highest BCUT2D eigenvalue weighted by Gasteiger charge is 2.33. The number of carbonyl (C=O) groups is 2. The van der Waals surface area contributed by atoms with E-state index in [1.165, 1.54) is 10.4 Å². The van der Waals surface area contributed by atoms with Crippen molar-refractivity contribution in [3.8, 4) is 5.75 Å². The molecule has 5 nitrogen and oxygen atoms in total. The monoisotopic (exact) mass is 476 g/mol. The number of ether oxygens (including phenoxy) is 1. The van der Waals surface area contributed by atoms with E-state index >= 15 is 0 Å². The quantitative estimate of drug-likeness (QED) is 0.436. The van der Waals surface area contributed by atoms with Crippen LogP contribution in [0.3, 0.4) is 0 Å². The number of carbonyl (C=O) groups excluding carboxylic acids is 2. The number of rotatable bonds is 8. The molecular formula is C28H32N2O3S. The molecule has 178 valence electrons. The fraction of sp³-hybridized carbons (Fsp3) is 0.357. The van der Waals surface area contributed by atoms with Gasteiger partial charge in [0.2, 0.25) is 5.91 Å². The summed E-state index contributed by atoms with van der Waals surface area (Å²) in [7, 11) is 0. The molecule has 0 spiro atoms. The Morgan fingerprint density at radius 1 is 1.12 bits per heavy atom. The van der Waals surface area contributed by atoms with Crippen molar-refractivity contribution in [1.29, 1.82) is 0 Å². The predicted octanol–water partition coefficient (Wildman–Crippen LogP) is 5.42. The van der Waals surface area contributed by atoms with Gasteiger partial charge in [0.15, 0.2) is 0 Å². The third-order valence-corrected chi connectivity index (χ3v) is 7.27. The smallest absolute Gasteiger partial charge is 0.254 e. The molecule has 1 aliphatic heterocycles. The molecule has 2 amide bonds. The average molecular weight is 477 g/mol. The highest BCUT2D eigenvalue weighted by Crippen LogP contribution is 2.34. The molecule has 0 aliphatic carbocycles. The van der Waals surface area contributed by atoms with Crippen LogP contribution >= 0.6 is 11.3 Å². The standard InChI is InChI=1S/C28H32N2O3S/c1-4-14-29(28(32)22-8-6-5-7-9-22)18-27(31)30-15-12-26-23(13-16-34-26)24(30)19-33-25-11-10-20(2)17-21(25)3/h5-11,13,16-17,24H,4,12,14-15,18-19H2,1-3H3/t24-/m1/s1. The van der Waals surface area contributed by atoms with Crippen LogP contribution < -0.4 is 4.74 Å². The molecule has 1 atom stereocenters. The van der Waals surface area contributed by atoms with E-state index < -0.39 is 0 Å². The molecule has 1 aliphatic rings. The van der Waals surface area contributed by atoms with E-state index in [1.807, 2.05) is 49.1 Å². The summed E-state index contributed by atoms with van der Waals surface area (Å²) < 4.78 is 6.24. The van der Waals surface area contributed by atoms with E-state index in [0.717, 1.165) is 29.7 Å². The number of aryl methyl sites for hydroxylation is 2. The molecule has 4 rings (SSSR count). The van der Waals surface area contributed by atoms with Crippen molar-refractivity contribution < 1.29 is 14.3 Å². The Morgan fingerprint density at radius 3 is 2.65 bits per heavy atom. The molecule has 3 aromatic rings. The summed E-state index contributed by atoms with van der Waals surface area (Å²) in [5.74, 6) is 0.697. The predicted molar refractivity (Wildman–Crippen MR) is 137 cm³/mol. The molecule has 2 aromatic carbocycles. The third-order valence-electron chi connectivity index (χ3n) is 6.27. The lowest BCUT2D eigenvalue weighted by Gasteiger charge is -2.37. The Labute approximate surface area is 206 Å². The van der Waals surface area contributed by atoms with Crippen LogP contribution in [0.2, 0.25) is 0 Å². The van der Waals surface area contributed by atoms with Gasteiger partial charge in [-0.25, -0.2) is 0 Å². The molecule has 0 fully saturated rings. The molecule has 0 radical (unpaired) electrons. The topological polar surface area (TPSA) is 49.9 Å². The summed E-state index contributed by atoms with van der Waals surface area (Å²) in [6, 6.07) is 17.3. The van der Waals surface area contributed by atoms with Gasteiger partial charge in [-0.1, -0.05) is 42.8 Å². The number of thiophene rings is 1. The van der Waals surface area contributed by atoms with Gasteiger partial charge in [0.05, 0.1) is 6.04 Å². The maximum Gasteiger partial charge on any atom is 0.254 e. The van der Waals surface area contributed by atoms with E-state index in [1.54, 1.807) is 28.4 Å². The van der Waals surface area contributed by atoms with E-state index in [2.05, 4.69) is 24.4 Å². The molecule has 0 bridgehead atoms. The molecule has 0 unspecified atom stereocenters. The molecule has 0 saturated carbocycles. The molecule has 34 heavy (non-hydrogen) atoms. The molecule has 6 heteroatoms. The summed E-state index contributed by atoms with van der Waals surface area (Å²) in [4.78, 5) is 31.5. The van der Waals surface area contributed by atoms with E-state index in [0.29, 0.717) is 25.3 Å². The fourth-order valence-corrected chi connectivity index (χ4v) is 5.47. The van der Waals surface area contributed by atoms with Crippen molar-refractivity contribution in [2.45, 2.75) is 39.7 Å². The maximum atomic E-state index is 13.6. The first-order chi connectivity index (χ1) is 16.5. The zero-order valence-corrected chi connectivity index (χ0v) is 20.9. The first kappa shape index (κ1) is 24.0. The van der Waals surface area contributed by atoms with E-state index in [4.69, 9.17) is 4.74 Å². The minimum atomic E-state index is -0.168. The van der Waals surface area contributed by atoms with Gasteiger partial charge in [0.1, 0.15) is 18.9 Å². The van der Waals surface area contributed by atoms with Crippen LogP contribution in [-0.4, -0.2) is 47.9 Å². The lowest BCUT2D eigenvalue weighted by atomic mass is 10.00. The number of amides is 2. The van der Waals surface area contributed by atoms with Crippen LogP contribution in [0.1, 0.15) is 51.3 Å². The van der Waals surface area contributed by atoms with Crippen molar-refractivity contribution in [2.24, 2.45) is 0 Å². The number of hydrogen-bond donors (Lipinski definition) is 0. The van der Waals surface area contributed by atoms with Gasteiger partial charge in [-0.2, -0.15) is 0 Å². The van der Waals surface area contributed by atoms with Crippen LogP contribution in [0.15, 0.2) is 60.0 Å². The molecule has 2 heterocycles. The van der Waals surface area contributed by atoms with Crippen molar-refractivity contribution >= 4 is 23.2 Å². The molecule has 0 N–H and O–H groups in total. The van der Waals surface area contributed by atoms with Gasteiger partial charge < -0.3 is 14.5 Å². The highest BCUT2D eigenvalue weighted by atomic mass is 32.1. The molecule has 0 saturated heterocycles. The van der Waals surface area contributed by atoms with Crippen LogP contribution in [-0.2, 0) is 11.2 Å². The normalized spacial score (nSPS) is 15.0. The third kappa shape index (κ3) is 5.33. The minimum absolute atomic E-state index is 0.0381. The van der Waals surface area contributed by atoms with E-state index in [9.17, 15) is 9.59 Å². The second kappa shape index (κ2) is 10.9. The Morgan fingerprint density at radius 2 is 1.91 bits per heavy atom. The van der Waals surface area contributed by atoms with Gasteiger partial charge in [0, 0.05) is 23.5 Å². The van der Waals surface area contributed by atoms with Crippen molar-refractivity contribution in [2.75, 3.05) is 26.2 Å². The minimum Gasteiger partial charge on any atom is -0.491 e. The number of hydrogen-bond acceptors (Lipinski definition) is 4. The van der Waals surface area contributed by atoms with Crippen molar-refractivity contribution in [1.82, 2.24) is 9.80 Å². The summed E-state index contributed by atoms with van der Waals surface area (Å²) in [6.07, 6.45) is 1.62. The second-order valence-electron chi connectivity index (χ2n) is 8.82. The zero-order valence-electron chi connectivity index (χ0n) is 20.1. The molecular weight excluding hydrogens is 444 g/mol. The van der Waals surface area contributed by atoms with Gasteiger partial charge in [-0.05, 0) is 67.5 Å². The van der Waals surface area contributed by atoms with Crippen LogP contribution in [0.25, 0.3) is 0 Å². The van der Waals surface area contributed by atoms with E-state index in [-0.39, 0.29) is 24.4 Å². The Kier molecular flexibility index (Phi) is 7.68.